The zero-order valence-corrected chi connectivity index (χ0v) is 21.1. The Kier molecular flexibility index (Phi) is 5.42. The number of fused-ring (bicyclic) bond motifs is 2. The normalized spacial score (nSPS) is 11.2. The Morgan fingerprint density at radius 1 is 0.324 bits per heavy atom. The van der Waals surface area contributed by atoms with Gasteiger partial charge in [0.25, 0.3) is 0 Å². The molecule has 0 amide bonds. The number of benzene rings is 6. The summed E-state index contributed by atoms with van der Waals surface area (Å²) in [6, 6.07) is 52.7. The molecule has 37 heavy (non-hydrogen) atoms. The van der Waals surface area contributed by atoms with E-state index in [0.717, 1.165) is 0 Å². The second-order valence-corrected chi connectivity index (χ2v) is 10.5. The standard InChI is InChI=1S/C36H24S/c1-2-8-25(9-3-1)26-14-16-27(17-15-26)34-22-23-35(37-34)28-18-20-29(21-19-28)36-32-12-6-4-10-30(32)24-31-11-5-7-13-33(31)36/h1-24H. The van der Waals surface area contributed by atoms with E-state index in [9.17, 15) is 0 Å². The lowest BCUT2D eigenvalue weighted by Gasteiger charge is -2.12. The molecule has 0 aliphatic heterocycles. The van der Waals surface area contributed by atoms with Gasteiger partial charge in [-0.05, 0) is 73.1 Å². The van der Waals surface area contributed by atoms with E-state index in [-0.39, 0.29) is 0 Å². The van der Waals surface area contributed by atoms with E-state index >= 15 is 0 Å². The van der Waals surface area contributed by atoms with Crippen molar-refractivity contribution in [2.24, 2.45) is 0 Å². The van der Waals surface area contributed by atoms with Gasteiger partial charge in [0.05, 0.1) is 0 Å². The van der Waals surface area contributed by atoms with E-state index in [1.807, 2.05) is 11.3 Å². The summed E-state index contributed by atoms with van der Waals surface area (Å²) in [6.45, 7) is 0. The van der Waals surface area contributed by atoms with Crippen LogP contribution in [0.3, 0.4) is 0 Å². The number of thiophene rings is 1. The molecule has 174 valence electrons. The van der Waals surface area contributed by atoms with Crippen LogP contribution in [0.5, 0.6) is 0 Å². The molecular weight excluding hydrogens is 464 g/mol. The molecule has 0 N–H and O–H groups in total. The first-order chi connectivity index (χ1) is 18.3. The van der Waals surface area contributed by atoms with E-state index < -0.39 is 0 Å². The van der Waals surface area contributed by atoms with Crippen molar-refractivity contribution < 1.29 is 0 Å². The Morgan fingerprint density at radius 3 is 1.32 bits per heavy atom. The molecule has 1 heterocycles. The predicted octanol–water partition coefficient (Wildman–Crippen LogP) is 10.7. The van der Waals surface area contributed by atoms with Gasteiger partial charge in [0.15, 0.2) is 0 Å². The molecule has 0 atom stereocenters. The molecule has 0 spiro atoms. The highest BCUT2D eigenvalue weighted by atomic mass is 32.1. The molecule has 0 fully saturated rings. The summed E-state index contributed by atoms with van der Waals surface area (Å²) in [5, 5.41) is 5.15. The Labute approximate surface area is 221 Å². The fourth-order valence-corrected chi connectivity index (χ4v) is 6.25. The van der Waals surface area contributed by atoms with Gasteiger partial charge in [-0.3, -0.25) is 0 Å². The van der Waals surface area contributed by atoms with Gasteiger partial charge >= 0.3 is 0 Å². The third-order valence-electron chi connectivity index (χ3n) is 7.11. The maximum absolute atomic E-state index is 2.29. The SMILES string of the molecule is c1ccc(-c2ccc(-c3ccc(-c4ccc(-c5c6ccccc6cc6ccccc56)cc4)s3)cc2)cc1. The van der Waals surface area contributed by atoms with Crippen LogP contribution in [-0.2, 0) is 0 Å². The molecule has 7 rings (SSSR count). The minimum atomic E-state index is 1.25. The summed E-state index contributed by atoms with van der Waals surface area (Å²) in [6.07, 6.45) is 0. The molecule has 0 bridgehead atoms. The lowest BCUT2D eigenvalue weighted by molar-refractivity contribution is 1.62. The summed E-state index contributed by atoms with van der Waals surface area (Å²) in [5.41, 5.74) is 7.58. The van der Waals surface area contributed by atoms with Crippen LogP contribution in [0.2, 0.25) is 0 Å². The van der Waals surface area contributed by atoms with E-state index in [4.69, 9.17) is 0 Å². The Bertz CT molecular complexity index is 1790. The predicted molar refractivity (Wildman–Crippen MR) is 161 cm³/mol. The van der Waals surface area contributed by atoms with Crippen LogP contribution in [-0.4, -0.2) is 0 Å². The Morgan fingerprint density at radius 2 is 0.757 bits per heavy atom. The van der Waals surface area contributed by atoms with Crippen molar-refractivity contribution >= 4 is 32.9 Å². The zero-order valence-electron chi connectivity index (χ0n) is 20.3. The fourth-order valence-electron chi connectivity index (χ4n) is 5.23. The monoisotopic (exact) mass is 488 g/mol. The average molecular weight is 489 g/mol. The minimum Gasteiger partial charge on any atom is -0.135 e. The topological polar surface area (TPSA) is 0 Å². The first-order valence-electron chi connectivity index (χ1n) is 12.6. The molecule has 0 saturated heterocycles. The smallest absolute Gasteiger partial charge is 0.0349 e. The van der Waals surface area contributed by atoms with Gasteiger partial charge in [-0.15, -0.1) is 11.3 Å². The van der Waals surface area contributed by atoms with Gasteiger partial charge in [-0.1, -0.05) is 127 Å². The van der Waals surface area contributed by atoms with Crippen LogP contribution >= 0.6 is 11.3 Å². The quantitative estimate of drug-likeness (QED) is 0.216. The van der Waals surface area contributed by atoms with E-state index in [1.165, 1.54) is 64.7 Å². The maximum Gasteiger partial charge on any atom is 0.0349 e. The van der Waals surface area contributed by atoms with Crippen molar-refractivity contribution in [1.82, 2.24) is 0 Å². The maximum atomic E-state index is 2.29. The van der Waals surface area contributed by atoms with Gasteiger partial charge in [0.1, 0.15) is 0 Å². The molecular formula is C36H24S. The summed E-state index contributed by atoms with van der Waals surface area (Å²) in [7, 11) is 0. The number of rotatable bonds is 4. The van der Waals surface area contributed by atoms with Gasteiger partial charge < -0.3 is 0 Å². The second kappa shape index (κ2) is 9.20. The third kappa shape index (κ3) is 4.04. The van der Waals surface area contributed by atoms with Crippen molar-refractivity contribution in [3.63, 3.8) is 0 Å². The van der Waals surface area contributed by atoms with Crippen molar-refractivity contribution in [2.45, 2.75) is 0 Å². The molecule has 0 aliphatic carbocycles. The number of hydrogen-bond acceptors (Lipinski definition) is 1. The Balaban J connectivity index is 1.22. The molecule has 6 aromatic carbocycles. The molecule has 7 aromatic rings. The molecule has 0 aliphatic rings. The molecule has 0 saturated carbocycles. The van der Waals surface area contributed by atoms with Crippen LogP contribution in [0.15, 0.2) is 146 Å². The number of hydrogen-bond donors (Lipinski definition) is 0. The van der Waals surface area contributed by atoms with Crippen molar-refractivity contribution in [3.8, 4) is 43.1 Å². The van der Waals surface area contributed by atoms with Crippen LogP contribution in [0.4, 0.5) is 0 Å². The van der Waals surface area contributed by atoms with Gasteiger partial charge in [-0.2, -0.15) is 0 Å². The highest BCUT2D eigenvalue weighted by Gasteiger charge is 2.11. The second-order valence-electron chi connectivity index (χ2n) is 9.38. The first kappa shape index (κ1) is 21.8. The van der Waals surface area contributed by atoms with Crippen molar-refractivity contribution in [2.75, 3.05) is 0 Å². The third-order valence-corrected chi connectivity index (χ3v) is 8.30. The van der Waals surface area contributed by atoms with Gasteiger partial charge in [0, 0.05) is 9.75 Å². The van der Waals surface area contributed by atoms with E-state index in [0.29, 0.717) is 0 Å². The molecule has 0 unspecified atom stereocenters. The molecule has 1 aromatic heterocycles. The fraction of sp³-hybridized carbons (Fsp3) is 0. The summed E-state index contributed by atoms with van der Waals surface area (Å²) < 4.78 is 0. The largest absolute Gasteiger partial charge is 0.135 e. The van der Waals surface area contributed by atoms with Gasteiger partial charge in [0.2, 0.25) is 0 Å². The van der Waals surface area contributed by atoms with Crippen LogP contribution in [0, 0.1) is 0 Å². The van der Waals surface area contributed by atoms with E-state index in [2.05, 4.69) is 146 Å². The highest BCUT2D eigenvalue weighted by Crippen LogP contribution is 2.39. The minimum absolute atomic E-state index is 1.25. The van der Waals surface area contributed by atoms with Crippen LogP contribution in [0.1, 0.15) is 0 Å². The van der Waals surface area contributed by atoms with Crippen LogP contribution < -0.4 is 0 Å². The van der Waals surface area contributed by atoms with Crippen molar-refractivity contribution in [3.05, 3.63) is 146 Å². The average Bonchev–Trinajstić information content (AvgIpc) is 3.47. The lowest BCUT2D eigenvalue weighted by atomic mass is 9.91. The summed E-state index contributed by atoms with van der Waals surface area (Å²) in [4.78, 5) is 2.58. The molecule has 0 radical (unpaired) electrons. The zero-order chi connectivity index (χ0) is 24.6. The molecule has 0 nitrogen and oxygen atoms in total. The first-order valence-corrected chi connectivity index (χ1v) is 13.4. The summed E-state index contributed by atoms with van der Waals surface area (Å²) >= 11 is 1.85. The van der Waals surface area contributed by atoms with E-state index in [1.54, 1.807) is 0 Å². The van der Waals surface area contributed by atoms with Crippen molar-refractivity contribution in [1.29, 1.82) is 0 Å². The molecule has 1 heteroatoms. The Hall–Kier alpha value is -4.46. The lowest BCUT2D eigenvalue weighted by Crippen LogP contribution is -1.85. The highest BCUT2D eigenvalue weighted by molar-refractivity contribution is 7.18. The van der Waals surface area contributed by atoms with Gasteiger partial charge in [-0.25, -0.2) is 0 Å². The summed E-state index contributed by atoms with van der Waals surface area (Å²) in [5.74, 6) is 0. The van der Waals surface area contributed by atoms with Crippen LogP contribution in [0.25, 0.3) is 64.7 Å².